The first-order valence-electron chi connectivity index (χ1n) is 12.6. The monoisotopic (exact) mass is 542 g/mol. The molecule has 2 heterocycles. The Bertz CT molecular complexity index is 1000. The summed E-state index contributed by atoms with van der Waals surface area (Å²) < 4.78 is 37.5. The number of hydrogen-bond donors (Lipinski definition) is 0. The first kappa shape index (κ1) is 28.4. The second kappa shape index (κ2) is 14.5. The third-order valence-corrected chi connectivity index (χ3v) is 5.77. The number of rotatable bonds is 10. The van der Waals surface area contributed by atoms with Gasteiger partial charge in [-0.15, -0.1) is 0 Å². The van der Waals surface area contributed by atoms with Crippen LogP contribution in [0.4, 0.5) is 0 Å². The van der Waals surface area contributed by atoms with Gasteiger partial charge in [-0.25, -0.2) is 0 Å². The normalized spacial score (nSPS) is 22.9. The average molecular weight is 543 g/mol. The van der Waals surface area contributed by atoms with Gasteiger partial charge in [-0.05, 0) is 0 Å². The molecule has 0 unspecified atom stereocenters. The van der Waals surface area contributed by atoms with Crippen LogP contribution in [0.15, 0.2) is 60.7 Å². The molecular weight excluding hydrogens is 512 g/mol. The van der Waals surface area contributed by atoms with E-state index in [9.17, 15) is 19.2 Å². The van der Waals surface area contributed by atoms with Gasteiger partial charge in [-0.2, -0.15) is 0 Å². The molecule has 2 saturated heterocycles. The minimum Gasteiger partial charge on any atom is -0.457 e. The van der Waals surface area contributed by atoms with E-state index in [0.29, 0.717) is 0 Å². The number of ether oxygens (including phenoxy) is 7. The summed E-state index contributed by atoms with van der Waals surface area (Å²) in [7, 11) is 0. The fourth-order valence-corrected chi connectivity index (χ4v) is 3.84. The molecule has 2 aliphatic heterocycles. The van der Waals surface area contributed by atoms with Gasteiger partial charge in [-0.3, -0.25) is 19.2 Å². The predicted molar refractivity (Wildman–Crippen MR) is 132 cm³/mol. The molecule has 2 fully saturated rings. The van der Waals surface area contributed by atoms with E-state index in [4.69, 9.17) is 28.4 Å². The summed E-state index contributed by atoms with van der Waals surface area (Å²) >= 11 is 0. The Morgan fingerprint density at radius 1 is 0.538 bits per heavy atom. The molecule has 0 aromatic heterocycles. The van der Waals surface area contributed by atoms with Crippen LogP contribution in [-0.4, -0.2) is 62.5 Å². The third kappa shape index (κ3) is 9.25. The number of hydrogen-bond acceptors (Lipinski definition) is 11. The fraction of sp³-hybridized carbons (Fsp3) is 0.429. The lowest BCUT2D eigenvalue weighted by Gasteiger charge is -2.29. The highest BCUT2D eigenvalue weighted by Gasteiger charge is 2.28. The van der Waals surface area contributed by atoms with Crippen molar-refractivity contribution >= 4 is 23.9 Å². The summed E-state index contributed by atoms with van der Waals surface area (Å²) in [5, 5.41) is 0. The Morgan fingerprint density at radius 3 is 1.23 bits per heavy atom. The van der Waals surface area contributed by atoms with E-state index in [2.05, 4.69) is 4.74 Å². The van der Waals surface area contributed by atoms with E-state index in [1.807, 2.05) is 60.7 Å². The van der Waals surface area contributed by atoms with Gasteiger partial charge < -0.3 is 33.2 Å². The summed E-state index contributed by atoms with van der Waals surface area (Å²) in [5.41, 5.74) is 1.72. The van der Waals surface area contributed by atoms with Gasteiger partial charge in [0.2, 0.25) is 0 Å². The van der Waals surface area contributed by atoms with Crippen molar-refractivity contribution in [1.82, 2.24) is 0 Å². The van der Waals surface area contributed by atoms with E-state index < -0.39 is 48.7 Å². The zero-order valence-electron chi connectivity index (χ0n) is 21.2. The molecule has 0 amide bonds. The molecule has 0 spiro atoms. The standard InChI is InChI=1S/C28H30O11/c29-23(37-21-15-33-27(34-16-21)19-7-3-1-4-8-19)11-13-25(31)39-26(32)14-12-24(30)38-22-17-35-28(36-18-22)20-9-5-2-6-10-20/h1-10,21-22,27-28H,11-18H2. The Balaban J connectivity index is 1.04. The maximum Gasteiger partial charge on any atom is 0.314 e. The summed E-state index contributed by atoms with van der Waals surface area (Å²) in [6.45, 7) is 0.599. The van der Waals surface area contributed by atoms with Gasteiger partial charge in [0.15, 0.2) is 12.6 Å². The first-order chi connectivity index (χ1) is 19.0. The van der Waals surface area contributed by atoms with Gasteiger partial charge in [0, 0.05) is 11.1 Å². The molecule has 2 aliphatic rings. The maximum atomic E-state index is 12.1. The van der Waals surface area contributed by atoms with E-state index in [1.54, 1.807) is 0 Å². The Morgan fingerprint density at radius 2 is 0.872 bits per heavy atom. The Kier molecular flexibility index (Phi) is 10.5. The van der Waals surface area contributed by atoms with Gasteiger partial charge in [-0.1, -0.05) is 60.7 Å². The lowest BCUT2D eigenvalue weighted by molar-refractivity contribution is -0.229. The molecule has 0 aliphatic carbocycles. The van der Waals surface area contributed by atoms with Crippen LogP contribution < -0.4 is 0 Å². The number of esters is 4. The smallest absolute Gasteiger partial charge is 0.314 e. The topological polar surface area (TPSA) is 133 Å². The fourth-order valence-electron chi connectivity index (χ4n) is 3.84. The largest absolute Gasteiger partial charge is 0.457 e. The molecule has 0 saturated carbocycles. The van der Waals surface area contributed by atoms with E-state index >= 15 is 0 Å². The quantitative estimate of drug-likeness (QED) is 0.249. The van der Waals surface area contributed by atoms with Crippen molar-refractivity contribution in [3.05, 3.63) is 71.8 Å². The number of carbonyl (C=O) groups is 4. The van der Waals surface area contributed by atoms with Crippen LogP contribution in [0.2, 0.25) is 0 Å². The second-order valence-electron chi connectivity index (χ2n) is 8.89. The molecule has 0 bridgehead atoms. The minimum atomic E-state index is -0.897. The van der Waals surface area contributed by atoms with Crippen LogP contribution in [-0.2, 0) is 52.3 Å². The molecular formula is C28H30O11. The third-order valence-electron chi connectivity index (χ3n) is 5.77. The van der Waals surface area contributed by atoms with Crippen LogP contribution in [0.5, 0.6) is 0 Å². The minimum absolute atomic E-state index is 0.150. The maximum absolute atomic E-state index is 12.1. The lowest BCUT2D eigenvalue weighted by atomic mass is 10.2. The van der Waals surface area contributed by atoms with Gasteiger partial charge >= 0.3 is 23.9 Å². The molecule has 11 nitrogen and oxygen atoms in total. The van der Waals surface area contributed by atoms with Gasteiger partial charge in [0.1, 0.15) is 12.2 Å². The summed E-state index contributed by atoms with van der Waals surface area (Å²) in [6, 6.07) is 18.7. The Hall–Kier alpha value is -3.64. The SMILES string of the molecule is O=C(CCC(=O)OC1COC(c2ccccc2)OC1)OC(=O)CCC(=O)OC1COC(c2ccccc2)OC1. The highest BCUT2D eigenvalue weighted by molar-refractivity contribution is 5.88. The highest BCUT2D eigenvalue weighted by Crippen LogP contribution is 2.25. The molecule has 0 atom stereocenters. The lowest BCUT2D eigenvalue weighted by Crippen LogP contribution is -2.35. The van der Waals surface area contributed by atoms with Crippen LogP contribution in [0.3, 0.4) is 0 Å². The number of benzene rings is 2. The second-order valence-corrected chi connectivity index (χ2v) is 8.89. The predicted octanol–water partition coefficient (Wildman–Crippen LogP) is 2.93. The average Bonchev–Trinajstić information content (AvgIpc) is 2.97. The molecule has 208 valence electrons. The van der Waals surface area contributed by atoms with Crippen LogP contribution in [0, 0.1) is 0 Å². The molecule has 0 N–H and O–H groups in total. The molecule has 39 heavy (non-hydrogen) atoms. The Labute approximate surface area is 225 Å². The van der Waals surface area contributed by atoms with E-state index in [1.165, 1.54) is 0 Å². The molecule has 0 radical (unpaired) electrons. The van der Waals surface area contributed by atoms with E-state index in [0.717, 1.165) is 11.1 Å². The van der Waals surface area contributed by atoms with Gasteiger partial charge in [0.05, 0.1) is 52.1 Å². The zero-order valence-corrected chi connectivity index (χ0v) is 21.2. The zero-order chi connectivity index (χ0) is 27.5. The van der Waals surface area contributed by atoms with Crippen LogP contribution in [0.1, 0.15) is 49.4 Å². The van der Waals surface area contributed by atoms with Crippen molar-refractivity contribution in [2.75, 3.05) is 26.4 Å². The van der Waals surface area contributed by atoms with Crippen LogP contribution in [0.25, 0.3) is 0 Å². The van der Waals surface area contributed by atoms with Crippen molar-refractivity contribution in [3.63, 3.8) is 0 Å². The highest BCUT2D eigenvalue weighted by atomic mass is 16.7. The van der Waals surface area contributed by atoms with Crippen molar-refractivity contribution in [2.24, 2.45) is 0 Å². The van der Waals surface area contributed by atoms with Crippen molar-refractivity contribution in [2.45, 2.75) is 50.5 Å². The van der Waals surface area contributed by atoms with Crippen LogP contribution >= 0.6 is 0 Å². The van der Waals surface area contributed by atoms with Crippen molar-refractivity contribution in [3.8, 4) is 0 Å². The molecule has 4 rings (SSSR count). The van der Waals surface area contributed by atoms with Crippen molar-refractivity contribution in [1.29, 1.82) is 0 Å². The van der Waals surface area contributed by atoms with E-state index in [-0.39, 0.29) is 52.1 Å². The van der Waals surface area contributed by atoms with Gasteiger partial charge in [0.25, 0.3) is 0 Å². The summed E-state index contributed by atoms with van der Waals surface area (Å²) in [5.74, 6) is -3.09. The molecule has 2 aromatic rings. The first-order valence-corrected chi connectivity index (χ1v) is 12.6. The molecule has 11 heteroatoms. The molecule has 2 aromatic carbocycles. The summed E-state index contributed by atoms with van der Waals surface area (Å²) in [4.78, 5) is 47.9. The van der Waals surface area contributed by atoms with Crippen molar-refractivity contribution < 1.29 is 52.3 Å². The number of carbonyl (C=O) groups excluding carboxylic acids is 4. The summed E-state index contributed by atoms with van der Waals surface area (Å²) in [6.07, 6.45) is -3.54.